The van der Waals surface area contributed by atoms with Crippen LogP contribution in [0.4, 0.5) is 16.4 Å². The maximum atomic E-state index is 12.8. The maximum Gasteiger partial charge on any atom is 0.338 e. The van der Waals surface area contributed by atoms with Gasteiger partial charge in [-0.25, -0.2) is 19.6 Å². The van der Waals surface area contributed by atoms with E-state index in [-0.39, 0.29) is 18.6 Å². The second-order valence-corrected chi connectivity index (χ2v) is 10.4. The number of pyridine rings is 2. The van der Waals surface area contributed by atoms with E-state index in [0.29, 0.717) is 52.7 Å². The molecule has 2 aromatic heterocycles. The lowest BCUT2D eigenvalue weighted by molar-refractivity contribution is 0.0504. The molecule has 0 aliphatic heterocycles. The molecule has 10 heteroatoms. The Bertz CT molecular complexity index is 1500. The van der Waals surface area contributed by atoms with Gasteiger partial charge in [0.2, 0.25) is 0 Å². The van der Waals surface area contributed by atoms with Crippen LogP contribution in [0.3, 0.4) is 0 Å². The summed E-state index contributed by atoms with van der Waals surface area (Å²) >= 11 is 0. The van der Waals surface area contributed by atoms with Crippen molar-refractivity contribution in [2.75, 3.05) is 38.0 Å². The van der Waals surface area contributed by atoms with E-state index in [0.717, 1.165) is 10.9 Å². The zero-order chi connectivity index (χ0) is 29.4. The summed E-state index contributed by atoms with van der Waals surface area (Å²) in [5.41, 5.74) is 2.17. The first-order chi connectivity index (χ1) is 19.6. The van der Waals surface area contributed by atoms with Crippen molar-refractivity contribution in [3.63, 3.8) is 0 Å². The molecule has 2 aromatic carbocycles. The van der Waals surface area contributed by atoms with Crippen LogP contribution in [-0.2, 0) is 4.74 Å². The molecule has 0 aliphatic rings. The molecule has 3 N–H and O–H groups in total. The summed E-state index contributed by atoms with van der Waals surface area (Å²) in [5, 5.41) is 9.84. The monoisotopic (exact) mass is 557 g/mol. The third kappa shape index (κ3) is 8.07. The Morgan fingerprint density at radius 2 is 1.63 bits per heavy atom. The summed E-state index contributed by atoms with van der Waals surface area (Å²) < 4.78 is 16.2. The molecule has 0 spiro atoms. The lowest BCUT2D eigenvalue weighted by Gasteiger charge is -2.21. The summed E-state index contributed by atoms with van der Waals surface area (Å²) in [4.78, 5) is 34.2. The topological polar surface area (TPSA) is 124 Å². The summed E-state index contributed by atoms with van der Waals surface area (Å²) in [6.45, 7) is 6.53. The van der Waals surface area contributed by atoms with Crippen LogP contribution in [0.25, 0.3) is 22.0 Å². The van der Waals surface area contributed by atoms with E-state index in [4.69, 9.17) is 19.2 Å². The fraction of sp³-hybridized carbons (Fsp3) is 0.290. The molecule has 0 saturated carbocycles. The van der Waals surface area contributed by atoms with Gasteiger partial charge in [-0.15, -0.1) is 0 Å². The predicted octanol–water partition coefficient (Wildman–Crippen LogP) is 5.89. The third-order valence-corrected chi connectivity index (χ3v) is 5.95. The zero-order valence-corrected chi connectivity index (χ0v) is 23.9. The van der Waals surface area contributed by atoms with Crippen LogP contribution in [-0.4, -0.2) is 54.9 Å². The number of carbonyl (C=O) groups is 2. The van der Waals surface area contributed by atoms with Crippen molar-refractivity contribution in [1.82, 2.24) is 15.3 Å². The number of aromatic nitrogens is 2. The lowest BCUT2D eigenvalue weighted by atomic mass is 10.0. The number of carbonyl (C=O) groups excluding carboxylic acids is 2. The highest BCUT2D eigenvalue weighted by Gasteiger charge is 2.18. The van der Waals surface area contributed by atoms with Crippen molar-refractivity contribution >= 4 is 34.5 Å². The first-order valence-electron chi connectivity index (χ1n) is 13.2. The first-order valence-corrected chi connectivity index (χ1v) is 13.2. The molecule has 0 fully saturated rings. The number of hydrogen-bond acceptors (Lipinski definition) is 8. The fourth-order valence-corrected chi connectivity index (χ4v) is 4.03. The average Bonchev–Trinajstić information content (AvgIpc) is 2.95. The molecule has 10 nitrogen and oxygen atoms in total. The van der Waals surface area contributed by atoms with Crippen molar-refractivity contribution in [3.05, 3.63) is 72.4 Å². The van der Waals surface area contributed by atoms with Crippen LogP contribution in [0.1, 0.15) is 37.6 Å². The molecule has 0 unspecified atom stereocenters. The molecule has 4 rings (SSSR count). The van der Waals surface area contributed by atoms with E-state index >= 15 is 0 Å². The second-order valence-electron chi connectivity index (χ2n) is 10.4. The molecular weight excluding hydrogens is 522 g/mol. The zero-order valence-electron chi connectivity index (χ0n) is 23.9. The molecule has 0 atom stereocenters. The Morgan fingerprint density at radius 1 is 0.927 bits per heavy atom. The van der Waals surface area contributed by atoms with Crippen LogP contribution in [0, 0.1) is 0 Å². The lowest BCUT2D eigenvalue weighted by Crippen LogP contribution is -2.43. The van der Waals surface area contributed by atoms with Gasteiger partial charge in [0, 0.05) is 41.4 Å². The standard InChI is InChI=1S/C31H35N5O5/c1-31(2,3)36-30(38)35-28-25(21-14-23(39-4)17-24(15-21)40-5)16-22-19-33-27(18-26(22)34-28)32-12-9-13-41-29(37)20-10-7-6-8-11-20/h6-8,10-11,14-19H,9,12-13H2,1-5H3,(H,32,33)(H2,34,35,36,38). The highest BCUT2D eigenvalue weighted by Crippen LogP contribution is 2.35. The van der Waals surface area contributed by atoms with E-state index in [2.05, 4.69) is 20.9 Å². The number of fused-ring (bicyclic) bond motifs is 1. The number of methoxy groups -OCH3 is 2. The number of anilines is 2. The molecule has 0 bridgehead atoms. The van der Waals surface area contributed by atoms with Gasteiger partial charge in [-0.1, -0.05) is 18.2 Å². The fourth-order valence-electron chi connectivity index (χ4n) is 4.03. The number of esters is 1. The van der Waals surface area contributed by atoms with E-state index in [1.165, 1.54) is 0 Å². The van der Waals surface area contributed by atoms with Gasteiger partial charge in [0.05, 0.1) is 31.9 Å². The van der Waals surface area contributed by atoms with Crippen LogP contribution in [0.15, 0.2) is 66.9 Å². The summed E-state index contributed by atoms with van der Waals surface area (Å²) in [7, 11) is 3.16. The van der Waals surface area contributed by atoms with E-state index in [9.17, 15) is 9.59 Å². The van der Waals surface area contributed by atoms with Crippen molar-refractivity contribution in [2.45, 2.75) is 32.7 Å². The van der Waals surface area contributed by atoms with Crippen LogP contribution >= 0.6 is 0 Å². The Kier molecular flexibility index (Phi) is 9.23. The number of urea groups is 1. The molecule has 4 aromatic rings. The summed E-state index contributed by atoms with van der Waals surface area (Å²) in [6, 6.07) is 17.7. The normalized spacial score (nSPS) is 11.0. The Labute approximate surface area is 239 Å². The summed E-state index contributed by atoms with van der Waals surface area (Å²) in [5.74, 6) is 1.85. The Morgan fingerprint density at radius 3 is 2.29 bits per heavy atom. The van der Waals surface area contributed by atoms with Gasteiger partial charge in [-0.05, 0) is 63.1 Å². The summed E-state index contributed by atoms with van der Waals surface area (Å²) in [6.07, 6.45) is 2.32. The Balaban J connectivity index is 1.54. The van der Waals surface area contributed by atoms with Gasteiger partial charge in [-0.2, -0.15) is 0 Å². The van der Waals surface area contributed by atoms with Gasteiger partial charge in [-0.3, -0.25) is 5.32 Å². The van der Waals surface area contributed by atoms with Gasteiger partial charge in [0.25, 0.3) is 0 Å². The van der Waals surface area contributed by atoms with Gasteiger partial charge < -0.3 is 24.8 Å². The second kappa shape index (κ2) is 13.0. The average molecular weight is 558 g/mol. The largest absolute Gasteiger partial charge is 0.497 e. The number of hydrogen-bond donors (Lipinski definition) is 3. The molecule has 41 heavy (non-hydrogen) atoms. The number of nitrogens with one attached hydrogen (secondary N) is 3. The van der Waals surface area contributed by atoms with Crippen molar-refractivity contribution in [3.8, 4) is 22.6 Å². The van der Waals surface area contributed by atoms with Crippen molar-refractivity contribution in [2.24, 2.45) is 0 Å². The SMILES string of the molecule is COc1cc(OC)cc(-c2cc3cnc(NCCCOC(=O)c4ccccc4)cc3nc2NC(=O)NC(C)(C)C)c1. The quantitative estimate of drug-likeness (QED) is 0.163. The molecule has 214 valence electrons. The molecule has 2 heterocycles. The minimum absolute atomic E-state index is 0.275. The van der Waals surface area contributed by atoms with Crippen LogP contribution < -0.4 is 25.4 Å². The molecule has 2 amide bonds. The van der Waals surface area contributed by atoms with E-state index in [1.54, 1.807) is 50.7 Å². The molecule has 0 radical (unpaired) electrons. The smallest absolute Gasteiger partial charge is 0.338 e. The number of nitrogens with zero attached hydrogens (tertiary/aromatic N) is 2. The number of ether oxygens (including phenoxy) is 3. The number of benzene rings is 2. The molecular formula is C31H35N5O5. The highest BCUT2D eigenvalue weighted by molar-refractivity contribution is 5.97. The Hall–Kier alpha value is -4.86. The number of amides is 2. The van der Waals surface area contributed by atoms with Crippen LogP contribution in [0.5, 0.6) is 11.5 Å². The predicted molar refractivity (Wildman–Crippen MR) is 160 cm³/mol. The van der Waals surface area contributed by atoms with Crippen molar-refractivity contribution in [1.29, 1.82) is 0 Å². The van der Waals surface area contributed by atoms with E-state index < -0.39 is 5.54 Å². The maximum absolute atomic E-state index is 12.8. The van der Waals surface area contributed by atoms with Crippen LogP contribution in [0.2, 0.25) is 0 Å². The minimum Gasteiger partial charge on any atom is -0.497 e. The molecule has 0 saturated heterocycles. The number of rotatable bonds is 10. The van der Waals surface area contributed by atoms with E-state index in [1.807, 2.05) is 51.1 Å². The van der Waals surface area contributed by atoms with Gasteiger partial charge in [0.15, 0.2) is 0 Å². The first kappa shape index (κ1) is 29.1. The third-order valence-electron chi connectivity index (χ3n) is 5.95. The van der Waals surface area contributed by atoms with Crippen molar-refractivity contribution < 1.29 is 23.8 Å². The van der Waals surface area contributed by atoms with Gasteiger partial charge in [0.1, 0.15) is 23.1 Å². The van der Waals surface area contributed by atoms with Gasteiger partial charge >= 0.3 is 12.0 Å². The highest BCUT2D eigenvalue weighted by atomic mass is 16.5. The molecule has 0 aliphatic carbocycles. The minimum atomic E-state index is -0.434.